The molecule has 154 valence electrons. The van der Waals surface area contributed by atoms with Crippen LogP contribution in [0.4, 0.5) is 10.2 Å². The summed E-state index contributed by atoms with van der Waals surface area (Å²) in [5, 5.41) is 11.8. The first-order chi connectivity index (χ1) is 14.6. The van der Waals surface area contributed by atoms with E-state index >= 15 is 0 Å². The van der Waals surface area contributed by atoms with Crippen molar-refractivity contribution in [3.63, 3.8) is 0 Å². The van der Waals surface area contributed by atoms with Crippen molar-refractivity contribution < 1.29 is 9.18 Å². The van der Waals surface area contributed by atoms with E-state index in [1.165, 1.54) is 12.1 Å². The van der Waals surface area contributed by atoms with Crippen molar-refractivity contribution in [2.45, 2.75) is 25.8 Å². The van der Waals surface area contributed by atoms with Gasteiger partial charge in [-0.3, -0.25) is 4.79 Å². The number of carbonyl (C=O) groups is 1. The van der Waals surface area contributed by atoms with Crippen LogP contribution in [0.15, 0.2) is 66.7 Å². The zero-order chi connectivity index (χ0) is 20.9. The first-order valence-electron chi connectivity index (χ1n) is 10.3. The van der Waals surface area contributed by atoms with Crippen LogP contribution in [0.5, 0.6) is 0 Å². The maximum Gasteiger partial charge on any atom is 0.225 e. The Hall–Kier alpha value is -3.28. The molecule has 1 aliphatic rings. The second-order valence-electron chi connectivity index (χ2n) is 7.71. The molecule has 1 fully saturated rings. The van der Waals surface area contributed by atoms with Crippen LogP contribution in [-0.4, -0.2) is 29.2 Å². The topological polar surface area (TPSA) is 58.1 Å². The molecule has 0 spiro atoms. The van der Waals surface area contributed by atoms with E-state index in [2.05, 4.69) is 20.4 Å². The number of piperidine rings is 1. The molecule has 2 unspecified atom stereocenters. The lowest BCUT2D eigenvalue weighted by Gasteiger charge is -2.33. The summed E-state index contributed by atoms with van der Waals surface area (Å²) < 4.78 is 13.1. The Morgan fingerprint density at radius 3 is 2.53 bits per heavy atom. The number of nitrogens with one attached hydrogen (secondary N) is 1. The molecule has 0 radical (unpaired) electrons. The number of anilines is 1. The fraction of sp³-hybridized carbons (Fsp3) is 0.292. The van der Waals surface area contributed by atoms with Gasteiger partial charge in [-0.2, -0.15) is 0 Å². The standard InChI is InChI=1S/C24H25FN4O/c1-17(18-6-3-2-4-7-18)26-24(30)20-8-5-15-29(16-20)23-14-13-22(27-28-23)19-9-11-21(25)12-10-19/h2-4,6-7,9-14,17,20H,5,8,15-16H2,1H3,(H,26,30). The number of hydrogen-bond acceptors (Lipinski definition) is 4. The van der Waals surface area contributed by atoms with Gasteiger partial charge in [0.25, 0.3) is 0 Å². The highest BCUT2D eigenvalue weighted by molar-refractivity contribution is 5.80. The zero-order valence-corrected chi connectivity index (χ0v) is 17.0. The summed E-state index contributed by atoms with van der Waals surface area (Å²) in [7, 11) is 0. The molecule has 4 rings (SSSR count). The fourth-order valence-electron chi connectivity index (χ4n) is 3.82. The third-order valence-electron chi connectivity index (χ3n) is 5.56. The predicted molar refractivity (Wildman–Crippen MR) is 115 cm³/mol. The molecule has 0 aliphatic carbocycles. The normalized spacial score (nSPS) is 17.4. The maximum absolute atomic E-state index is 13.1. The lowest BCUT2D eigenvalue weighted by atomic mass is 9.96. The van der Waals surface area contributed by atoms with E-state index in [1.807, 2.05) is 49.4 Å². The highest BCUT2D eigenvalue weighted by atomic mass is 19.1. The van der Waals surface area contributed by atoms with E-state index in [4.69, 9.17) is 0 Å². The average molecular weight is 404 g/mol. The molecule has 0 saturated carbocycles. The molecule has 1 aromatic heterocycles. The van der Waals surface area contributed by atoms with Crippen LogP contribution in [-0.2, 0) is 4.79 Å². The number of aromatic nitrogens is 2. The summed E-state index contributed by atoms with van der Waals surface area (Å²) in [5.74, 6) is 0.479. The monoisotopic (exact) mass is 404 g/mol. The first kappa shape index (κ1) is 20.0. The van der Waals surface area contributed by atoms with Gasteiger partial charge in [-0.05, 0) is 61.7 Å². The van der Waals surface area contributed by atoms with Crippen LogP contribution < -0.4 is 10.2 Å². The van der Waals surface area contributed by atoms with Crippen LogP contribution in [0, 0.1) is 11.7 Å². The number of hydrogen-bond donors (Lipinski definition) is 1. The van der Waals surface area contributed by atoms with Gasteiger partial charge in [-0.25, -0.2) is 4.39 Å². The van der Waals surface area contributed by atoms with Gasteiger partial charge >= 0.3 is 0 Å². The molecule has 1 saturated heterocycles. The third kappa shape index (κ3) is 4.64. The van der Waals surface area contributed by atoms with Crippen molar-refractivity contribution in [1.29, 1.82) is 0 Å². The van der Waals surface area contributed by atoms with E-state index < -0.39 is 0 Å². The number of benzene rings is 2. The van der Waals surface area contributed by atoms with E-state index in [0.717, 1.165) is 36.3 Å². The zero-order valence-electron chi connectivity index (χ0n) is 17.0. The van der Waals surface area contributed by atoms with E-state index in [0.29, 0.717) is 12.2 Å². The van der Waals surface area contributed by atoms with Gasteiger partial charge in [-0.1, -0.05) is 30.3 Å². The van der Waals surface area contributed by atoms with Crippen LogP contribution in [0.1, 0.15) is 31.4 Å². The molecule has 1 N–H and O–H groups in total. The number of carbonyl (C=O) groups excluding carboxylic acids is 1. The van der Waals surface area contributed by atoms with Gasteiger partial charge in [0, 0.05) is 18.7 Å². The van der Waals surface area contributed by atoms with Crippen LogP contribution >= 0.6 is 0 Å². The molecule has 30 heavy (non-hydrogen) atoms. The maximum atomic E-state index is 13.1. The minimum atomic E-state index is -0.275. The minimum Gasteiger partial charge on any atom is -0.354 e. The number of nitrogens with zero attached hydrogens (tertiary/aromatic N) is 3. The number of halogens is 1. The Morgan fingerprint density at radius 1 is 1.07 bits per heavy atom. The van der Waals surface area contributed by atoms with Gasteiger partial charge in [-0.15, -0.1) is 10.2 Å². The molecule has 5 nitrogen and oxygen atoms in total. The van der Waals surface area contributed by atoms with Crippen molar-refractivity contribution in [3.05, 3.63) is 78.1 Å². The molecule has 0 bridgehead atoms. The SMILES string of the molecule is CC(NC(=O)C1CCCN(c2ccc(-c3ccc(F)cc3)nn2)C1)c1ccccc1. The Kier molecular flexibility index (Phi) is 6.02. The molecule has 3 aromatic rings. The Bertz CT molecular complexity index is 976. The minimum absolute atomic E-state index is 0.0242. The lowest BCUT2D eigenvalue weighted by Crippen LogP contribution is -2.44. The Morgan fingerprint density at radius 2 is 1.83 bits per heavy atom. The van der Waals surface area contributed by atoms with Gasteiger partial charge in [0.2, 0.25) is 5.91 Å². The highest BCUT2D eigenvalue weighted by Crippen LogP contribution is 2.24. The summed E-state index contributed by atoms with van der Waals surface area (Å²) in [6.07, 6.45) is 1.80. The van der Waals surface area contributed by atoms with Crippen LogP contribution in [0.25, 0.3) is 11.3 Å². The predicted octanol–water partition coefficient (Wildman–Crippen LogP) is 4.38. The number of rotatable bonds is 5. The van der Waals surface area contributed by atoms with Crippen molar-refractivity contribution in [3.8, 4) is 11.3 Å². The van der Waals surface area contributed by atoms with Crippen LogP contribution in [0.2, 0.25) is 0 Å². The molecule has 6 heteroatoms. The summed E-state index contributed by atoms with van der Waals surface area (Å²) in [6.45, 7) is 3.48. The largest absolute Gasteiger partial charge is 0.354 e. The van der Waals surface area contributed by atoms with Crippen molar-refractivity contribution >= 4 is 11.7 Å². The fourth-order valence-corrected chi connectivity index (χ4v) is 3.82. The van der Waals surface area contributed by atoms with Gasteiger partial charge in [0.05, 0.1) is 17.7 Å². The van der Waals surface area contributed by atoms with Gasteiger partial charge < -0.3 is 10.2 Å². The summed E-state index contributed by atoms with van der Waals surface area (Å²) in [6, 6.07) is 20.0. The van der Waals surface area contributed by atoms with Crippen molar-refractivity contribution in [1.82, 2.24) is 15.5 Å². The number of amides is 1. The molecule has 1 amide bonds. The second kappa shape index (κ2) is 9.03. The van der Waals surface area contributed by atoms with Gasteiger partial charge in [0.15, 0.2) is 5.82 Å². The van der Waals surface area contributed by atoms with Crippen molar-refractivity contribution in [2.24, 2.45) is 5.92 Å². The van der Waals surface area contributed by atoms with Crippen LogP contribution in [0.3, 0.4) is 0 Å². The highest BCUT2D eigenvalue weighted by Gasteiger charge is 2.27. The quantitative estimate of drug-likeness (QED) is 0.686. The first-order valence-corrected chi connectivity index (χ1v) is 10.3. The summed E-state index contributed by atoms with van der Waals surface area (Å²) >= 11 is 0. The van der Waals surface area contributed by atoms with Crippen molar-refractivity contribution in [2.75, 3.05) is 18.0 Å². The molecular weight excluding hydrogens is 379 g/mol. The van der Waals surface area contributed by atoms with Gasteiger partial charge in [0.1, 0.15) is 5.82 Å². The van der Waals surface area contributed by atoms with E-state index in [-0.39, 0.29) is 23.7 Å². The molecule has 2 heterocycles. The smallest absolute Gasteiger partial charge is 0.225 e. The Labute approximate surface area is 176 Å². The molecule has 1 aliphatic heterocycles. The molecular formula is C24H25FN4O. The average Bonchev–Trinajstić information content (AvgIpc) is 2.80. The van der Waals surface area contributed by atoms with E-state index in [1.54, 1.807) is 12.1 Å². The third-order valence-corrected chi connectivity index (χ3v) is 5.56. The molecule has 2 aromatic carbocycles. The lowest BCUT2D eigenvalue weighted by molar-refractivity contribution is -0.125. The van der Waals surface area contributed by atoms with E-state index in [9.17, 15) is 9.18 Å². The summed E-state index contributed by atoms with van der Waals surface area (Å²) in [4.78, 5) is 14.9. The Balaban J connectivity index is 1.39. The molecule has 2 atom stereocenters. The summed E-state index contributed by atoms with van der Waals surface area (Å²) in [5.41, 5.74) is 2.61. The second-order valence-corrected chi connectivity index (χ2v) is 7.71.